The minimum atomic E-state index is -3.86. The van der Waals surface area contributed by atoms with Crippen molar-refractivity contribution in [2.45, 2.75) is 18.4 Å². The van der Waals surface area contributed by atoms with Gasteiger partial charge in [-0.2, -0.15) is 0 Å². The van der Waals surface area contributed by atoms with Crippen LogP contribution in [0.15, 0.2) is 71.6 Å². The van der Waals surface area contributed by atoms with Crippen molar-refractivity contribution in [3.63, 3.8) is 0 Å². The molecule has 0 saturated carbocycles. The molecule has 0 atom stereocenters. The second kappa shape index (κ2) is 10.2. The van der Waals surface area contributed by atoms with Crippen molar-refractivity contribution in [3.8, 4) is 0 Å². The van der Waals surface area contributed by atoms with Gasteiger partial charge >= 0.3 is 0 Å². The lowest BCUT2D eigenvalue weighted by atomic mass is 10.1. The summed E-state index contributed by atoms with van der Waals surface area (Å²) < 4.78 is 42.3. The van der Waals surface area contributed by atoms with Gasteiger partial charge in [0.25, 0.3) is 15.9 Å². The topological polar surface area (TPSA) is 90.5 Å². The van der Waals surface area contributed by atoms with Crippen LogP contribution in [-0.4, -0.2) is 40.5 Å². The molecule has 3 aromatic rings. The fourth-order valence-corrected chi connectivity index (χ4v) is 4.86. The zero-order valence-electron chi connectivity index (χ0n) is 18.8. The Bertz CT molecular complexity index is 1270. The van der Waals surface area contributed by atoms with Crippen LogP contribution in [0.1, 0.15) is 21.5 Å². The number of sulfonamides is 1. The van der Waals surface area contributed by atoms with Gasteiger partial charge in [0.15, 0.2) is 0 Å². The van der Waals surface area contributed by atoms with E-state index in [0.29, 0.717) is 35.6 Å². The van der Waals surface area contributed by atoms with Crippen molar-refractivity contribution in [1.29, 1.82) is 0 Å². The molecule has 3 N–H and O–H groups in total. The van der Waals surface area contributed by atoms with Crippen LogP contribution in [0, 0.1) is 12.7 Å². The molecule has 0 unspecified atom stereocenters. The number of hydrogen-bond acceptors (Lipinski definition) is 5. The molecule has 1 heterocycles. The van der Waals surface area contributed by atoms with Gasteiger partial charge < -0.3 is 15.5 Å². The van der Waals surface area contributed by atoms with Gasteiger partial charge in [0.1, 0.15) is 5.82 Å². The molecule has 1 saturated heterocycles. The van der Waals surface area contributed by atoms with Crippen LogP contribution in [0.2, 0.25) is 0 Å². The fraction of sp³-hybridized carbons (Fsp3) is 0.240. The molecule has 9 heteroatoms. The molecule has 0 spiro atoms. The van der Waals surface area contributed by atoms with Crippen molar-refractivity contribution in [1.82, 2.24) is 10.6 Å². The van der Waals surface area contributed by atoms with Crippen LogP contribution < -0.4 is 20.3 Å². The van der Waals surface area contributed by atoms with E-state index in [1.54, 1.807) is 54.6 Å². The Kier molecular flexibility index (Phi) is 7.14. The second-order valence-electron chi connectivity index (χ2n) is 8.20. The maximum Gasteiger partial charge on any atom is 0.261 e. The molecule has 0 aromatic heterocycles. The summed E-state index contributed by atoms with van der Waals surface area (Å²) in [6.07, 6.45) is 0. The number of hydrogen-bond donors (Lipinski definition) is 3. The predicted molar refractivity (Wildman–Crippen MR) is 131 cm³/mol. The standard InChI is InChI=1S/C25H27FN4O3S/c1-18-5-8-22(9-6-18)34(32,33)29-23-16-20(7-10-24(23)30-13-11-27-12-14-30)25(31)28-17-19-3-2-4-21(26)15-19/h2-10,15-16,27,29H,11-14,17H2,1H3,(H,28,31). The smallest absolute Gasteiger partial charge is 0.261 e. The first-order valence-corrected chi connectivity index (χ1v) is 12.5. The first kappa shape index (κ1) is 23.7. The number of nitrogens with one attached hydrogen (secondary N) is 3. The molecule has 3 aromatic carbocycles. The SMILES string of the molecule is Cc1ccc(S(=O)(=O)Nc2cc(C(=O)NCc3cccc(F)c3)ccc2N2CCNCC2)cc1. The lowest BCUT2D eigenvalue weighted by Crippen LogP contribution is -2.43. The van der Waals surface area contributed by atoms with E-state index in [2.05, 4.69) is 20.3 Å². The molecule has 178 valence electrons. The number of aryl methyl sites for hydroxylation is 1. The van der Waals surface area contributed by atoms with Gasteiger partial charge in [0.2, 0.25) is 0 Å². The van der Waals surface area contributed by atoms with Gasteiger partial charge in [-0.15, -0.1) is 0 Å². The molecule has 7 nitrogen and oxygen atoms in total. The highest BCUT2D eigenvalue weighted by Gasteiger charge is 2.21. The van der Waals surface area contributed by atoms with E-state index in [4.69, 9.17) is 0 Å². The van der Waals surface area contributed by atoms with E-state index in [1.807, 2.05) is 6.92 Å². The summed E-state index contributed by atoms with van der Waals surface area (Å²) in [4.78, 5) is 15.0. The Morgan fingerprint density at radius 3 is 2.47 bits per heavy atom. The summed E-state index contributed by atoms with van der Waals surface area (Å²) >= 11 is 0. The number of piperazine rings is 1. The molecular formula is C25H27FN4O3S. The number of benzene rings is 3. The lowest BCUT2D eigenvalue weighted by Gasteiger charge is -2.31. The van der Waals surface area contributed by atoms with Gasteiger partial charge in [0.05, 0.1) is 16.3 Å². The van der Waals surface area contributed by atoms with Crippen molar-refractivity contribution < 1.29 is 17.6 Å². The van der Waals surface area contributed by atoms with E-state index >= 15 is 0 Å². The highest BCUT2D eigenvalue weighted by atomic mass is 32.2. The third-order valence-corrected chi connectivity index (χ3v) is 7.02. The molecular weight excluding hydrogens is 455 g/mol. The molecule has 0 bridgehead atoms. The van der Waals surface area contributed by atoms with Gasteiger partial charge in [-0.3, -0.25) is 9.52 Å². The first-order chi connectivity index (χ1) is 16.3. The maximum absolute atomic E-state index is 13.4. The van der Waals surface area contributed by atoms with Crippen molar-refractivity contribution >= 4 is 27.3 Å². The van der Waals surface area contributed by atoms with E-state index in [9.17, 15) is 17.6 Å². The monoisotopic (exact) mass is 482 g/mol. The van der Waals surface area contributed by atoms with E-state index in [0.717, 1.165) is 18.7 Å². The number of rotatable bonds is 7. The van der Waals surface area contributed by atoms with Crippen LogP contribution in [0.3, 0.4) is 0 Å². The van der Waals surface area contributed by atoms with Gasteiger partial charge in [-0.05, 0) is 55.0 Å². The van der Waals surface area contributed by atoms with Crippen LogP contribution >= 0.6 is 0 Å². The van der Waals surface area contributed by atoms with E-state index in [1.165, 1.54) is 12.1 Å². The molecule has 34 heavy (non-hydrogen) atoms. The predicted octanol–water partition coefficient (Wildman–Crippen LogP) is 3.27. The number of halogens is 1. The third kappa shape index (κ3) is 5.73. The highest BCUT2D eigenvalue weighted by Crippen LogP contribution is 2.30. The molecule has 1 aliphatic rings. The maximum atomic E-state index is 13.4. The lowest BCUT2D eigenvalue weighted by molar-refractivity contribution is 0.0951. The largest absolute Gasteiger partial charge is 0.367 e. The summed E-state index contributed by atoms with van der Waals surface area (Å²) in [6.45, 7) is 5.02. The number of anilines is 2. The summed E-state index contributed by atoms with van der Waals surface area (Å²) in [6, 6.07) is 17.6. The van der Waals surface area contributed by atoms with Crippen molar-refractivity contribution in [2.75, 3.05) is 35.8 Å². The molecule has 1 amide bonds. The van der Waals surface area contributed by atoms with Gasteiger partial charge in [-0.25, -0.2) is 12.8 Å². The molecule has 1 aliphatic heterocycles. The zero-order chi connectivity index (χ0) is 24.1. The Balaban J connectivity index is 1.61. The van der Waals surface area contributed by atoms with Crippen molar-refractivity contribution in [2.24, 2.45) is 0 Å². The normalized spacial score (nSPS) is 14.0. The molecule has 0 radical (unpaired) electrons. The van der Waals surface area contributed by atoms with E-state index < -0.39 is 10.0 Å². The summed E-state index contributed by atoms with van der Waals surface area (Å²) in [5.74, 6) is -0.758. The molecule has 1 fully saturated rings. The number of carbonyl (C=O) groups excluding carboxylic acids is 1. The van der Waals surface area contributed by atoms with Gasteiger partial charge in [-0.1, -0.05) is 29.8 Å². The first-order valence-electron chi connectivity index (χ1n) is 11.0. The zero-order valence-corrected chi connectivity index (χ0v) is 19.7. The Morgan fingerprint density at radius 2 is 1.76 bits per heavy atom. The molecule has 0 aliphatic carbocycles. The van der Waals surface area contributed by atoms with Crippen molar-refractivity contribution in [3.05, 3.63) is 89.2 Å². The Morgan fingerprint density at radius 1 is 1.03 bits per heavy atom. The third-order valence-electron chi connectivity index (χ3n) is 5.63. The summed E-state index contributed by atoms with van der Waals surface area (Å²) in [5, 5.41) is 6.04. The number of nitrogens with zero attached hydrogens (tertiary/aromatic N) is 1. The van der Waals surface area contributed by atoms with Crippen LogP contribution in [0.5, 0.6) is 0 Å². The fourth-order valence-electron chi connectivity index (χ4n) is 3.79. The quantitative estimate of drug-likeness (QED) is 0.481. The average Bonchev–Trinajstić information content (AvgIpc) is 2.83. The van der Waals surface area contributed by atoms with E-state index in [-0.39, 0.29) is 23.2 Å². The van der Waals surface area contributed by atoms with Gasteiger partial charge in [0, 0.05) is 38.3 Å². The van der Waals surface area contributed by atoms with Crippen LogP contribution in [-0.2, 0) is 16.6 Å². The average molecular weight is 483 g/mol. The highest BCUT2D eigenvalue weighted by molar-refractivity contribution is 7.92. The summed E-state index contributed by atoms with van der Waals surface area (Å²) in [5.41, 5.74) is 2.93. The van der Waals surface area contributed by atoms with Crippen LogP contribution in [0.4, 0.5) is 15.8 Å². The number of amides is 1. The minimum absolute atomic E-state index is 0.144. The molecule has 4 rings (SSSR count). The Labute approximate surface area is 199 Å². The second-order valence-corrected chi connectivity index (χ2v) is 9.88. The Hall–Kier alpha value is -3.43. The number of carbonyl (C=O) groups is 1. The van der Waals surface area contributed by atoms with Crippen LogP contribution in [0.25, 0.3) is 0 Å². The summed E-state index contributed by atoms with van der Waals surface area (Å²) in [7, 11) is -3.86. The minimum Gasteiger partial charge on any atom is -0.367 e.